The molecule has 1 aliphatic rings. The van der Waals surface area contributed by atoms with Crippen molar-refractivity contribution in [3.05, 3.63) is 51.8 Å². The highest BCUT2D eigenvalue weighted by molar-refractivity contribution is 5.48. The van der Waals surface area contributed by atoms with Crippen LogP contribution in [0.5, 0.6) is 0 Å². The third kappa shape index (κ3) is 5.41. The number of nitrogens with one attached hydrogen (secondary N) is 2. The zero-order chi connectivity index (χ0) is 17.9. The fourth-order valence-corrected chi connectivity index (χ4v) is 2.67. The summed E-state index contributed by atoms with van der Waals surface area (Å²) in [5, 5.41) is 3.22. The zero-order valence-electron chi connectivity index (χ0n) is 15.2. The molecule has 3 rings (SSSR count). The zero-order valence-corrected chi connectivity index (χ0v) is 15.2. The number of nitrogens with zero attached hydrogens (tertiary/aromatic N) is 1. The van der Waals surface area contributed by atoms with Crippen LogP contribution >= 0.6 is 0 Å². The fraction of sp³-hybridized carbons (Fsp3) is 0.474. The SMILES string of the molecule is CC.CC.Nc1nc2c(c(=O)[nH]1)CC(CCc1ccccc1)CN2. The number of aryl methyl sites for hydroxylation is 1. The summed E-state index contributed by atoms with van der Waals surface area (Å²) in [6.45, 7) is 8.84. The van der Waals surface area contributed by atoms with E-state index in [4.69, 9.17) is 5.73 Å². The number of H-pyrrole nitrogens is 1. The standard InChI is InChI=1S/C15H18N4O.2C2H6/c16-15-18-13-12(14(20)19-15)8-11(9-17-13)7-6-10-4-2-1-3-5-10;2*1-2/h1-5,11H,6-9H2,(H4,16,17,18,19,20);2*1-2H3. The van der Waals surface area contributed by atoms with Crippen LogP contribution in [0.25, 0.3) is 0 Å². The lowest BCUT2D eigenvalue weighted by Crippen LogP contribution is -2.30. The number of aromatic nitrogens is 2. The molecule has 1 aliphatic heterocycles. The minimum absolute atomic E-state index is 0.121. The van der Waals surface area contributed by atoms with Crippen LogP contribution in [-0.4, -0.2) is 16.5 Å². The molecule has 0 saturated carbocycles. The Morgan fingerprint density at radius 1 is 1.17 bits per heavy atom. The van der Waals surface area contributed by atoms with Crippen LogP contribution in [0.2, 0.25) is 0 Å². The second-order valence-corrected chi connectivity index (χ2v) is 5.25. The Bertz CT molecular complexity index is 652. The first-order valence-corrected chi connectivity index (χ1v) is 8.89. The molecule has 0 radical (unpaired) electrons. The molecule has 2 heterocycles. The maximum atomic E-state index is 11.9. The van der Waals surface area contributed by atoms with E-state index >= 15 is 0 Å². The van der Waals surface area contributed by atoms with E-state index in [1.807, 2.05) is 33.8 Å². The van der Waals surface area contributed by atoms with E-state index in [-0.39, 0.29) is 11.5 Å². The Hall–Kier alpha value is -2.30. The molecule has 5 heteroatoms. The molecular formula is C19H30N4O. The number of benzene rings is 1. The molecule has 1 atom stereocenters. The number of nitrogens with two attached hydrogens (primary N) is 1. The van der Waals surface area contributed by atoms with E-state index in [0.717, 1.165) is 31.4 Å². The van der Waals surface area contributed by atoms with Crippen LogP contribution in [-0.2, 0) is 12.8 Å². The summed E-state index contributed by atoms with van der Waals surface area (Å²) in [6.07, 6.45) is 2.85. The van der Waals surface area contributed by atoms with Crippen LogP contribution in [0.1, 0.15) is 45.2 Å². The van der Waals surface area contributed by atoms with E-state index in [2.05, 4.69) is 39.6 Å². The predicted molar refractivity (Wildman–Crippen MR) is 102 cm³/mol. The molecule has 0 fully saturated rings. The Morgan fingerprint density at radius 3 is 2.50 bits per heavy atom. The molecule has 0 aliphatic carbocycles. The van der Waals surface area contributed by atoms with Crippen LogP contribution in [0.15, 0.2) is 35.1 Å². The highest BCUT2D eigenvalue weighted by atomic mass is 16.1. The van der Waals surface area contributed by atoms with Crippen molar-refractivity contribution in [2.24, 2.45) is 5.92 Å². The monoisotopic (exact) mass is 330 g/mol. The largest absolute Gasteiger partial charge is 0.369 e. The first-order chi connectivity index (χ1) is 11.7. The molecule has 0 saturated heterocycles. The number of hydrogen-bond donors (Lipinski definition) is 3. The van der Waals surface area contributed by atoms with E-state index < -0.39 is 0 Å². The first kappa shape index (κ1) is 19.7. The summed E-state index contributed by atoms with van der Waals surface area (Å²) in [5.74, 6) is 1.26. The van der Waals surface area contributed by atoms with Gasteiger partial charge in [0.05, 0.1) is 5.56 Å². The van der Waals surface area contributed by atoms with Gasteiger partial charge in [-0.3, -0.25) is 9.78 Å². The van der Waals surface area contributed by atoms with Gasteiger partial charge in [0.25, 0.3) is 5.56 Å². The maximum Gasteiger partial charge on any atom is 0.257 e. The fourth-order valence-electron chi connectivity index (χ4n) is 2.67. The van der Waals surface area contributed by atoms with Crippen molar-refractivity contribution in [3.63, 3.8) is 0 Å². The number of rotatable bonds is 3. The summed E-state index contributed by atoms with van der Waals surface area (Å²) >= 11 is 0. The molecular weight excluding hydrogens is 300 g/mol. The molecule has 24 heavy (non-hydrogen) atoms. The molecule has 132 valence electrons. The van der Waals surface area contributed by atoms with Gasteiger partial charge in [-0.15, -0.1) is 0 Å². The quantitative estimate of drug-likeness (QED) is 0.802. The molecule has 0 bridgehead atoms. The van der Waals surface area contributed by atoms with Crippen molar-refractivity contribution in [3.8, 4) is 0 Å². The second kappa shape index (κ2) is 10.5. The molecule has 5 nitrogen and oxygen atoms in total. The lowest BCUT2D eigenvalue weighted by molar-refractivity contribution is 0.491. The average molecular weight is 330 g/mol. The van der Waals surface area contributed by atoms with Crippen molar-refractivity contribution in [2.75, 3.05) is 17.6 Å². The maximum absolute atomic E-state index is 11.9. The van der Waals surface area contributed by atoms with Gasteiger partial charge in [-0.2, -0.15) is 4.98 Å². The number of fused-ring (bicyclic) bond motifs is 1. The summed E-state index contributed by atoms with van der Waals surface area (Å²) < 4.78 is 0. The highest BCUT2D eigenvalue weighted by Gasteiger charge is 2.22. The lowest BCUT2D eigenvalue weighted by Gasteiger charge is -2.24. The van der Waals surface area contributed by atoms with Crippen molar-refractivity contribution >= 4 is 11.8 Å². The Morgan fingerprint density at radius 2 is 1.83 bits per heavy atom. The topological polar surface area (TPSA) is 83.8 Å². The molecule has 0 spiro atoms. The second-order valence-electron chi connectivity index (χ2n) is 5.25. The van der Waals surface area contributed by atoms with Gasteiger partial charge in [-0.05, 0) is 30.7 Å². The molecule has 4 N–H and O–H groups in total. The highest BCUT2D eigenvalue weighted by Crippen LogP contribution is 2.23. The molecule has 1 unspecified atom stereocenters. The normalized spacial score (nSPS) is 14.9. The van der Waals surface area contributed by atoms with Crippen molar-refractivity contribution in [2.45, 2.75) is 47.0 Å². The van der Waals surface area contributed by atoms with Crippen molar-refractivity contribution < 1.29 is 0 Å². The van der Waals surface area contributed by atoms with E-state index in [1.54, 1.807) is 0 Å². The van der Waals surface area contributed by atoms with Gasteiger partial charge in [0, 0.05) is 6.54 Å². The molecule has 1 aromatic heterocycles. The van der Waals surface area contributed by atoms with Gasteiger partial charge in [0.1, 0.15) is 5.82 Å². The van der Waals surface area contributed by atoms with Crippen molar-refractivity contribution in [1.82, 2.24) is 9.97 Å². The summed E-state index contributed by atoms with van der Waals surface area (Å²) in [7, 11) is 0. The number of hydrogen-bond acceptors (Lipinski definition) is 4. The van der Waals surface area contributed by atoms with Gasteiger partial charge in [-0.1, -0.05) is 58.0 Å². The molecule has 1 aromatic carbocycles. The summed E-state index contributed by atoms with van der Waals surface area (Å²) in [5.41, 5.74) is 7.49. The van der Waals surface area contributed by atoms with Gasteiger partial charge < -0.3 is 11.1 Å². The average Bonchev–Trinajstić information content (AvgIpc) is 2.64. The van der Waals surface area contributed by atoms with Crippen LogP contribution in [0, 0.1) is 5.92 Å². The van der Waals surface area contributed by atoms with Crippen LogP contribution in [0.3, 0.4) is 0 Å². The number of nitrogen functional groups attached to an aromatic ring is 1. The minimum atomic E-state index is -0.121. The third-order valence-electron chi connectivity index (χ3n) is 3.77. The Labute approximate surface area is 144 Å². The summed E-state index contributed by atoms with van der Waals surface area (Å²) in [6, 6.07) is 10.4. The van der Waals surface area contributed by atoms with E-state index in [0.29, 0.717) is 11.7 Å². The minimum Gasteiger partial charge on any atom is -0.369 e. The molecule has 2 aromatic rings. The van der Waals surface area contributed by atoms with Crippen LogP contribution in [0.4, 0.5) is 11.8 Å². The Balaban J connectivity index is 0.000000671. The van der Waals surface area contributed by atoms with Crippen molar-refractivity contribution in [1.29, 1.82) is 0 Å². The smallest absolute Gasteiger partial charge is 0.257 e. The Kier molecular flexibility index (Phi) is 8.61. The first-order valence-electron chi connectivity index (χ1n) is 8.89. The predicted octanol–water partition coefficient (Wildman–Crippen LogP) is 3.62. The van der Waals surface area contributed by atoms with Gasteiger partial charge in [-0.25, -0.2) is 0 Å². The van der Waals surface area contributed by atoms with Crippen LogP contribution < -0.4 is 16.6 Å². The third-order valence-corrected chi connectivity index (χ3v) is 3.77. The van der Waals surface area contributed by atoms with Gasteiger partial charge >= 0.3 is 0 Å². The van der Waals surface area contributed by atoms with E-state index in [1.165, 1.54) is 5.56 Å². The number of anilines is 2. The van der Waals surface area contributed by atoms with Gasteiger partial charge in [0.15, 0.2) is 0 Å². The summed E-state index contributed by atoms with van der Waals surface area (Å²) in [4.78, 5) is 18.6. The molecule has 0 amide bonds. The lowest BCUT2D eigenvalue weighted by atomic mass is 9.91. The van der Waals surface area contributed by atoms with Gasteiger partial charge in [0.2, 0.25) is 5.95 Å². The number of aromatic amines is 1. The van der Waals surface area contributed by atoms with E-state index in [9.17, 15) is 4.79 Å².